The van der Waals surface area contributed by atoms with Gasteiger partial charge in [0.1, 0.15) is 5.75 Å². The number of hydrogen-bond acceptors (Lipinski definition) is 3. The first kappa shape index (κ1) is 14.8. The monoisotopic (exact) mass is 290 g/mol. The molecule has 1 heterocycles. The van der Waals surface area contributed by atoms with Crippen LogP contribution in [0.15, 0.2) is 30.5 Å². The van der Waals surface area contributed by atoms with Crippen LogP contribution in [0.4, 0.5) is 0 Å². The van der Waals surface area contributed by atoms with Crippen molar-refractivity contribution in [1.82, 2.24) is 9.97 Å². The van der Waals surface area contributed by atoms with E-state index >= 15 is 0 Å². The Morgan fingerprint density at radius 1 is 1.20 bits per heavy atom. The molecule has 0 radical (unpaired) electrons. The standard InChI is InChI=1S/C16H19ClN2O/c1-5-11-6-7-13(12(10-11)16(2,3)4)20-14-8-9-18-15(17)19-14/h6-10H,5H2,1-4H3. The molecule has 0 aliphatic heterocycles. The van der Waals surface area contributed by atoms with Gasteiger partial charge in [0.15, 0.2) is 0 Å². The molecule has 0 amide bonds. The molecule has 2 aromatic rings. The Hall–Kier alpha value is -1.61. The van der Waals surface area contributed by atoms with E-state index in [1.165, 1.54) is 5.56 Å². The van der Waals surface area contributed by atoms with Crippen molar-refractivity contribution in [3.05, 3.63) is 46.9 Å². The molecule has 0 N–H and O–H groups in total. The third kappa shape index (κ3) is 3.48. The molecular weight excluding hydrogens is 272 g/mol. The largest absolute Gasteiger partial charge is 0.439 e. The summed E-state index contributed by atoms with van der Waals surface area (Å²) in [5, 5.41) is 0.185. The average molecular weight is 291 g/mol. The van der Waals surface area contributed by atoms with Gasteiger partial charge < -0.3 is 4.74 Å². The topological polar surface area (TPSA) is 35.0 Å². The van der Waals surface area contributed by atoms with E-state index in [-0.39, 0.29) is 10.7 Å². The van der Waals surface area contributed by atoms with E-state index in [2.05, 4.69) is 49.8 Å². The van der Waals surface area contributed by atoms with E-state index in [0.29, 0.717) is 5.88 Å². The van der Waals surface area contributed by atoms with Crippen LogP contribution >= 0.6 is 11.6 Å². The molecular formula is C16H19ClN2O. The molecule has 106 valence electrons. The summed E-state index contributed by atoms with van der Waals surface area (Å²) < 4.78 is 5.88. The zero-order valence-corrected chi connectivity index (χ0v) is 13.0. The molecule has 0 fully saturated rings. The normalized spacial score (nSPS) is 11.4. The highest BCUT2D eigenvalue weighted by molar-refractivity contribution is 6.28. The van der Waals surface area contributed by atoms with Gasteiger partial charge in [0.2, 0.25) is 11.2 Å². The number of nitrogens with zero attached hydrogens (tertiary/aromatic N) is 2. The highest BCUT2D eigenvalue weighted by atomic mass is 35.5. The van der Waals surface area contributed by atoms with Crippen LogP contribution in [0.5, 0.6) is 11.6 Å². The van der Waals surface area contributed by atoms with Crippen LogP contribution in [0, 0.1) is 0 Å². The number of halogens is 1. The fraction of sp³-hybridized carbons (Fsp3) is 0.375. The first-order chi connectivity index (χ1) is 9.40. The van der Waals surface area contributed by atoms with E-state index in [1.807, 2.05) is 6.07 Å². The minimum Gasteiger partial charge on any atom is -0.439 e. The summed E-state index contributed by atoms with van der Waals surface area (Å²) in [5.41, 5.74) is 2.45. The zero-order chi connectivity index (χ0) is 14.8. The summed E-state index contributed by atoms with van der Waals surface area (Å²) in [7, 11) is 0. The number of ether oxygens (including phenoxy) is 1. The number of aryl methyl sites for hydroxylation is 1. The van der Waals surface area contributed by atoms with Crippen LogP contribution in [0.25, 0.3) is 0 Å². The third-order valence-corrected chi connectivity index (χ3v) is 3.26. The maximum atomic E-state index is 5.88. The van der Waals surface area contributed by atoms with Crippen molar-refractivity contribution in [1.29, 1.82) is 0 Å². The lowest BCUT2D eigenvalue weighted by Crippen LogP contribution is -2.13. The first-order valence-corrected chi connectivity index (χ1v) is 7.07. The van der Waals surface area contributed by atoms with Crippen LogP contribution in [0.2, 0.25) is 5.28 Å². The maximum absolute atomic E-state index is 5.88. The Bertz CT molecular complexity index is 606. The second-order valence-corrected chi connectivity index (χ2v) is 6.04. The Balaban J connectivity index is 2.41. The van der Waals surface area contributed by atoms with Crippen molar-refractivity contribution >= 4 is 11.6 Å². The number of hydrogen-bond donors (Lipinski definition) is 0. The summed E-state index contributed by atoms with van der Waals surface area (Å²) in [6, 6.07) is 7.97. The van der Waals surface area contributed by atoms with Gasteiger partial charge in [-0.25, -0.2) is 4.98 Å². The molecule has 4 heteroatoms. The summed E-state index contributed by atoms with van der Waals surface area (Å²) in [4.78, 5) is 7.92. The molecule has 0 spiro atoms. The van der Waals surface area contributed by atoms with E-state index in [1.54, 1.807) is 12.3 Å². The molecule has 0 atom stereocenters. The van der Waals surface area contributed by atoms with E-state index < -0.39 is 0 Å². The van der Waals surface area contributed by atoms with Gasteiger partial charge in [0.25, 0.3) is 0 Å². The van der Waals surface area contributed by atoms with Gasteiger partial charge in [0, 0.05) is 17.8 Å². The molecule has 2 rings (SSSR count). The molecule has 20 heavy (non-hydrogen) atoms. The molecule has 0 unspecified atom stereocenters. The van der Waals surface area contributed by atoms with Gasteiger partial charge in [-0.05, 0) is 35.1 Å². The number of aromatic nitrogens is 2. The molecule has 1 aromatic heterocycles. The van der Waals surface area contributed by atoms with Crippen LogP contribution in [-0.4, -0.2) is 9.97 Å². The van der Waals surface area contributed by atoms with Crippen LogP contribution in [-0.2, 0) is 11.8 Å². The van der Waals surface area contributed by atoms with Crippen LogP contribution < -0.4 is 4.74 Å². The number of rotatable bonds is 3. The van der Waals surface area contributed by atoms with E-state index in [4.69, 9.17) is 16.3 Å². The van der Waals surface area contributed by atoms with E-state index in [9.17, 15) is 0 Å². The highest BCUT2D eigenvalue weighted by Gasteiger charge is 2.20. The van der Waals surface area contributed by atoms with Gasteiger partial charge in [-0.1, -0.05) is 39.8 Å². The van der Waals surface area contributed by atoms with Crippen LogP contribution in [0.3, 0.4) is 0 Å². The van der Waals surface area contributed by atoms with Gasteiger partial charge in [-0.2, -0.15) is 4.98 Å². The fourth-order valence-corrected chi connectivity index (χ4v) is 2.10. The van der Waals surface area contributed by atoms with Gasteiger partial charge in [-0.15, -0.1) is 0 Å². The zero-order valence-electron chi connectivity index (χ0n) is 12.3. The Kier molecular flexibility index (Phi) is 4.29. The Morgan fingerprint density at radius 3 is 2.55 bits per heavy atom. The van der Waals surface area contributed by atoms with Crippen molar-refractivity contribution in [2.45, 2.75) is 39.5 Å². The first-order valence-electron chi connectivity index (χ1n) is 6.70. The summed E-state index contributed by atoms with van der Waals surface area (Å²) in [5.74, 6) is 1.27. The molecule has 1 aromatic carbocycles. The predicted molar refractivity (Wildman–Crippen MR) is 81.6 cm³/mol. The summed E-state index contributed by atoms with van der Waals surface area (Å²) >= 11 is 5.79. The average Bonchev–Trinajstić information content (AvgIpc) is 2.38. The fourth-order valence-electron chi connectivity index (χ4n) is 1.96. The minimum absolute atomic E-state index is 0.00264. The second kappa shape index (κ2) is 5.80. The Morgan fingerprint density at radius 2 is 1.95 bits per heavy atom. The molecule has 0 saturated carbocycles. The smallest absolute Gasteiger partial charge is 0.225 e. The molecule has 0 bridgehead atoms. The van der Waals surface area contributed by atoms with Crippen molar-refractivity contribution in [2.75, 3.05) is 0 Å². The van der Waals surface area contributed by atoms with Gasteiger partial charge in [-0.3, -0.25) is 0 Å². The predicted octanol–water partition coefficient (Wildman–Crippen LogP) is 4.78. The van der Waals surface area contributed by atoms with Gasteiger partial charge >= 0.3 is 0 Å². The lowest BCUT2D eigenvalue weighted by atomic mass is 9.85. The molecule has 0 aliphatic carbocycles. The molecule has 3 nitrogen and oxygen atoms in total. The highest BCUT2D eigenvalue weighted by Crippen LogP contribution is 2.34. The third-order valence-electron chi connectivity index (χ3n) is 3.08. The van der Waals surface area contributed by atoms with Crippen LogP contribution in [0.1, 0.15) is 38.8 Å². The lowest BCUT2D eigenvalue weighted by molar-refractivity contribution is 0.438. The SMILES string of the molecule is CCc1ccc(Oc2ccnc(Cl)n2)c(C(C)(C)C)c1. The van der Waals surface area contributed by atoms with E-state index in [0.717, 1.165) is 17.7 Å². The van der Waals surface area contributed by atoms with Crippen molar-refractivity contribution in [3.8, 4) is 11.6 Å². The van der Waals surface area contributed by atoms with Crippen molar-refractivity contribution in [2.24, 2.45) is 0 Å². The van der Waals surface area contributed by atoms with Gasteiger partial charge in [0.05, 0.1) is 0 Å². The minimum atomic E-state index is -0.00264. The van der Waals surface area contributed by atoms with Crippen molar-refractivity contribution < 1.29 is 4.74 Å². The molecule has 0 saturated heterocycles. The molecule has 0 aliphatic rings. The Labute approximate surface area is 125 Å². The maximum Gasteiger partial charge on any atom is 0.225 e. The second-order valence-electron chi connectivity index (χ2n) is 5.70. The summed E-state index contributed by atoms with van der Waals surface area (Å²) in [6.07, 6.45) is 2.59. The summed E-state index contributed by atoms with van der Waals surface area (Å²) in [6.45, 7) is 8.65. The lowest BCUT2D eigenvalue weighted by Gasteiger charge is -2.23. The number of benzene rings is 1. The quantitative estimate of drug-likeness (QED) is 0.763. The van der Waals surface area contributed by atoms with Crippen molar-refractivity contribution in [3.63, 3.8) is 0 Å².